The van der Waals surface area contributed by atoms with Gasteiger partial charge >= 0.3 is 0 Å². The van der Waals surface area contributed by atoms with Crippen molar-refractivity contribution in [3.8, 4) is 0 Å². The molecule has 0 bridgehead atoms. The zero-order chi connectivity index (χ0) is 10.7. The molecule has 0 aliphatic heterocycles. The van der Waals surface area contributed by atoms with Crippen LogP contribution in [0.2, 0.25) is 0 Å². The molecule has 0 fully saturated rings. The highest BCUT2D eigenvalue weighted by Crippen LogP contribution is 2.22. The van der Waals surface area contributed by atoms with Crippen LogP contribution in [0.1, 0.15) is 10.4 Å². The van der Waals surface area contributed by atoms with Gasteiger partial charge in [-0.2, -0.15) is 0 Å². The SMILES string of the molecule is CNc1cccc(C(=O)N(C)C)c1N. The minimum atomic E-state index is -0.0837. The summed E-state index contributed by atoms with van der Waals surface area (Å²) in [5, 5.41) is 2.93. The highest BCUT2D eigenvalue weighted by Gasteiger charge is 2.12. The van der Waals surface area contributed by atoms with Crippen molar-refractivity contribution >= 4 is 17.3 Å². The predicted octanol–water partition coefficient (Wildman–Crippen LogP) is 1.01. The quantitative estimate of drug-likeness (QED) is 0.689. The fourth-order valence-electron chi connectivity index (χ4n) is 1.21. The number of carbonyl (C=O) groups is 1. The van der Waals surface area contributed by atoms with Crippen molar-refractivity contribution in [1.29, 1.82) is 0 Å². The van der Waals surface area contributed by atoms with Gasteiger partial charge in [0.1, 0.15) is 0 Å². The molecule has 4 nitrogen and oxygen atoms in total. The lowest BCUT2D eigenvalue weighted by Gasteiger charge is -2.14. The second kappa shape index (κ2) is 4.00. The molecule has 1 aromatic rings. The largest absolute Gasteiger partial charge is 0.396 e. The Morgan fingerprint density at radius 3 is 2.57 bits per heavy atom. The first-order chi connectivity index (χ1) is 6.57. The number of nitrogen functional groups attached to an aromatic ring is 1. The number of anilines is 2. The molecule has 1 amide bonds. The number of rotatable bonds is 2. The minimum absolute atomic E-state index is 0.0837. The van der Waals surface area contributed by atoms with E-state index >= 15 is 0 Å². The van der Waals surface area contributed by atoms with E-state index < -0.39 is 0 Å². The van der Waals surface area contributed by atoms with E-state index in [1.54, 1.807) is 33.3 Å². The number of hydrogen-bond donors (Lipinski definition) is 2. The number of hydrogen-bond acceptors (Lipinski definition) is 3. The van der Waals surface area contributed by atoms with Crippen LogP contribution in [0.3, 0.4) is 0 Å². The topological polar surface area (TPSA) is 58.4 Å². The molecule has 3 N–H and O–H groups in total. The summed E-state index contributed by atoms with van der Waals surface area (Å²) in [5.41, 5.74) is 7.62. The molecule has 0 unspecified atom stereocenters. The smallest absolute Gasteiger partial charge is 0.255 e. The Morgan fingerprint density at radius 1 is 1.43 bits per heavy atom. The van der Waals surface area contributed by atoms with E-state index in [2.05, 4.69) is 5.32 Å². The van der Waals surface area contributed by atoms with Gasteiger partial charge in [-0.05, 0) is 12.1 Å². The maximum Gasteiger partial charge on any atom is 0.255 e. The molecule has 4 heteroatoms. The normalized spacial score (nSPS) is 9.64. The van der Waals surface area contributed by atoms with E-state index in [-0.39, 0.29) is 5.91 Å². The van der Waals surface area contributed by atoms with E-state index in [0.29, 0.717) is 11.3 Å². The van der Waals surface area contributed by atoms with Gasteiger partial charge in [0.05, 0.1) is 16.9 Å². The Kier molecular flexibility index (Phi) is 2.96. The first kappa shape index (κ1) is 10.4. The van der Waals surface area contributed by atoms with Crippen molar-refractivity contribution in [2.24, 2.45) is 0 Å². The zero-order valence-electron chi connectivity index (χ0n) is 8.66. The van der Waals surface area contributed by atoms with Crippen LogP contribution in [0.15, 0.2) is 18.2 Å². The van der Waals surface area contributed by atoms with Crippen molar-refractivity contribution in [3.05, 3.63) is 23.8 Å². The Morgan fingerprint density at radius 2 is 2.07 bits per heavy atom. The van der Waals surface area contributed by atoms with Gasteiger partial charge in [-0.15, -0.1) is 0 Å². The molecular formula is C10H15N3O. The van der Waals surface area contributed by atoms with Gasteiger partial charge in [-0.25, -0.2) is 0 Å². The number of benzene rings is 1. The third-order valence-electron chi connectivity index (χ3n) is 2.01. The second-order valence-corrected chi connectivity index (χ2v) is 3.22. The lowest BCUT2D eigenvalue weighted by Crippen LogP contribution is -2.23. The van der Waals surface area contributed by atoms with E-state index in [4.69, 9.17) is 5.73 Å². The molecule has 76 valence electrons. The molecule has 0 aromatic heterocycles. The van der Waals surface area contributed by atoms with Gasteiger partial charge in [-0.1, -0.05) is 6.07 Å². The molecule has 14 heavy (non-hydrogen) atoms. The summed E-state index contributed by atoms with van der Waals surface area (Å²) in [7, 11) is 5.18. The predicted molar refractivity (Wildman–Crippen MR) is 58.4 cm³/mol. The third-order valence-corrected chi connectivity index (χ3v) is 2.01. The van der Waals surface area contributed by atoms with Crippen LogP contribution >= 0.6 is 0 Å². The lowest BCUT2D eigenvalue weighted by atomic mass is 10.1. The van der Waals surface area contributed by atoms with E-state index in [1.165, 1.54) is 4.90 Å². The van der Waals surface area contributed by atoms with Crippen molar-refractivity contribution in [2.75, 3.05) is 32.2 Å². The molecule has 0 atom stereocenters. The van der Waals surface area contributed by atoms with Crippen LogP contribution < -0.4 is 11.1 Å². The highest BCUT2D eigenvalue weighted by atomic mass is 16.2. The molecule has 0 heterocycles. The fourth-order valence-corrected chi connectivity index (χ4v) is 1.21. The number of carbonyl (C=O) groups excluding carboxylic acids is 1. The molecule has 0 aliphatic rings. The Hall–Kier alpha value is -1.71. The standard InChI is InChI=1S/C10H15N3O/c1-12-8-6-4-5-7(9(8)11)10(14)13(2)3/h4-6,12H,11H2,1-3H3. The zero-order valence-corrected chi connectivity index (χ0v) is 8.66. The molecule has 0 spiro atoms. The number of nitrogens with zero attached hydrogens (tertiary/aromatic N) is 1. The van der Waals surface area contributed by atoms with Gasteiger partial charge in [0.15, 0.2) is 0 Å². The fraction of sp³-hybridized carbons (Fsp3) is 0.300. The summed E-state index contributed by atoms with van der Waals surface area (Å²) in [6, 6.07) is 5.36. The number of amides is 1. The highest BCUT2D eigenvalue weighted by molar-refractivity contribution is 6.01. The van der Waals surface area contributed by atoms with Crippen LogP contribution in [0.4, 0.5) is 11.4 Å². The third kappa shape index (κ3) is 1.79. The second-order valence-electron chi connectivity index (χ2n) is 3.22. The Labute approximate surface area is 83.7 Å². The molecule has 1 rings (SSSR count). The van der Waals surface area contributed by atoms with E-state index in [1.807, 2.05) is 6.07 Å². The van der Waals surface area contributed by atoms with Gasteiger partial charge < -0.3 is 16.0 Å². The average molecular weight is 193 g/mol. The summed E-state index contributed by atoms with van der Waals surface area (Å²) < 4.78 is 0. The van der Waals surface area contributed by atoms with Crippen LogP contribution in [0, 0.1) is 0 Å². The summed E-state index contributed by atoms with van der Waals surface area (Å²) in [6.07, 6.45) is 0. The molecule has 1 aromatic carbocycles. The first-order valence-electron chi connectivity index (χ1n) is 4.35. The number of nitrogens with one attached hydrogen (secondary N) is 1. The van der Waals surface area contributed by atoms with E-state index in [9.17, 15) is 4.79 Å². The van der Waals surface area contributed by atoms with Crippen molar-refractivity contribution < 1.29 is 4.79 Å². The van der Waals surface area contributed by atoms with Gasteiger partial charge in [-0.3, -0.25) is 4.79 Å². The number of nitrogens with two attached hydrogens (primary N) is 1. The lowest BCUT2D eigenvalue weighted by molar-refractivity contribution is 0.0828. The minimum Gasteiger partial charge on any atom is -0.396 e. The Bertz CT molecular complexity index is 347. The summed E-state index contributed by atoms with van der Waals surface area (Å²) in [4.78, 5) is 13.2. The van der Waals surface area contributed by atoms with Crippen molar-refractivity contribution in [2.45, 2.75) is 0 Å². The van der Waals surface area contributed by atoms with Crippen molar-refractivity contribution in [3.63, 3.8) is 0 Å². The molecule has 0 radical (unpaired) electrons. The molecule has 0 saturated heterocycles. The first-order valence-corrected chi connectivity index (χ1v) is 4.35. The Balaban J connectivity index is 3.16. The summed E-state index contributed by atoms with van der Waals surface area (Å²) in [6.45, 7) is 0. The molecular weight excluding hydrogens is 178 g/mol. The van der Waals surface area contributed by atoms with E-state index in [0.717, 1.165) is 5.69 Å². The van der Waals surface area contributed by atoms with Crippen LogP contribution in [-0.2, 0) is 0 Å². The monoisotopic (exact) mass is 193 g/mol. The van der Waals surface area contributed by atoms with Crippen molar-refractivity contribution in [1.82, 2.24) is 4.90 Å². The summed E-state index contributed by atoms with van der Waals surface area (Å²) in [5.74, 6) is -0.0837. The number of para-hydroxylation sites is 1. The van der Waals surface area contributed by atoms with Crippen LogP contribution in [0.5, 0.6) is 0 Å². The van der Waals surface area contributed by atoms with Gasteiger partial charge in [0.2, 0.25) is 0 Å². The molecule has 0 saturated carbocycles. The van der Waals surface area contributed by atoms with Gasteiger partial charge in [0, 0.05) is 21.1 Å². The van der Waals surface area contributed by atoms with Crippen LogP contribution in [-0.4, -0.2) is 32.0 Å². The summed E-state index contributed by atoms with van der Waals surface area (Å²) >= 11 is 0. The maximum atomic E-state index is 11.7. The average Bonchev–Trinajstić information content (AvgIpc) is 2.17. The van der Waals surface area contributed by atoms with Crippen LogP contribution in [0.25, 0.3) is 0 Å². The van der Waals surface area contributed by atoms with Gasteiger partial charge in [0.25, 0.3) is 5.91 Å². The molecule has 0 aliphatic carbocycles. The maximum absolute atomic E-state index is 11.7.